The first-order chi connectivity index (χ1) is 23.1. The molecule has 2 amide bonds. The van der Waals surface area contributed by atoms with E-state index in [1.165, 1.54) is 17.4 Å². The first kappa shape index (κ1) is 34.7. The van der Waals surface area contributed by atoms with Gasteiger partial charge in [-0.3, -0.25) is 19.3 Å². The number of nitrogens with zero attached hydrogens (tertiary/aromatic N) is 2. The van der Waals surface area contributed by atoms with Gasteiger partial charge in [0.2, 0.25) is 5.91 Å². The maximum Gasteiger partial charge on any atom is 0.306 e. The Morgan fingerprint density at radius 3 is 2.44 bits per heavy atom. The molecule has 258 valence electrons. The number of fused-ring (bicyclic) bond motifs is 1. The third kappa shape index (κ3) is 7.54. The van der Waals surface area contributed by atoms with Crippen molar-refractivity contribution in [1.29, 1.82) is 0 Å². The smallest absolute Gasteiger partial charge is 0.306 e. The molecule has 0 spiro atoms. The van der Waals surface area contributed by atoms with Crippen molar-refractivity contribution in [1.82, 2.24) is 9.80 Å². The number of rotatable bonds is 11. The van der Waals surface area contributed by atoms with E-state index in [-0.39, 0.29) is 64.9 Å². The second-order valence-electron chi connectivity index (χ2n) is 12.9. The number of amides is 2. The molecule has 3 aromatic rings. The van der Waals surface area contributed by atoms with Crippen molar-refractivity contribution in [3.05, 3.63) is 63.7 Å². The number of aliphatic carboxylic acids is 1. The summed E-state index contributed by atoms with van der Waals surface area (Å²) < 4.78 is 34.0. The molecule has 1 saturated carbocycles. The molecule has 0 bridgehead atoms. The quantitative estimate of drug-likeness (QED) is 0.271. The summed E-state index contributed by atoms with van der Waals surface area (Å²) in [4.78, 5) is 42.4. The highest BCUT2D eigenvalue weighted by Crippen LogP contribution is 2.33. The zero-order valence-electron chi connectivity index (χ0n) is 27.0. The molecule has 1 aromatic heterocycles. The topological polar surface area (TPSA) is 118 Å². The van der Waals surface area contributed by atoms with E-state index in [2.05, 4.69) is 10.2 Å². The Morgan fingerprint density at radius 2 is 1.75 bits per heavy atom. The highest BCUT2D eigenvalue weighted by molar-refractivity contribution is 7.17. The molecule has 3 heterocycles. The van der Waals surface area contributed by atoms with Crippen LogP contribution in [0.3, 0.4) is 0 Å². The molecule has 2 saturated heterocycles. The number of halogens is 2. The highest BCUT2D eigenvalue weighted by atomic mass is 35.5. The van der Waals surface area contributed by atoms with Gasteiger partial charge in [-0.2, -0.15) is 0 Å². The van der Waals surface area contributed by atoms with Gasteiger partial charge in [-0.05, 0) is 55.9 Å². The van der Waals surface area contributed by atoms with Crippen molar-refractivity contribution >= 4 is 56.5 Å². The molecule has 0 unspecified atom stereocenters. The standard InChI is InChI=1S/C35H41ClFN3O7S/c1-45-30-16-39(17-31(30)46-2)22-13-23(18-47-24-9-7-20(8-10-24)35(43)44)40(15-22)33(41)12-21-11-27(36)29(14-28(21)37)38-34(42)26-19-48-32-6-4-3-5-25(26)32/h3-6,11,14,19-20,22-24,30-31H,7-10,12-13,15-18H2,1-2H3,(H,38,42)(H,43,44)/t20-,22-,23-,24-,30-,31+/m0/s1. The van der Waals surface area contributed by atoms with Crippen LogP contribution in [0.25, 0.3) is 10.1 Å². The van der Waals surface area contributed by atoms with Crippen LogP contribution in [-0.2, 0) is 30.2 Å². The summed E-state index contributed by atoms with van der Waals surface area (Å²) in [6.45, 7) is 2.11. The molecule has 1 aliphatic carbocycles. The lowest BCUT2D eigenvalue weighted by molar-refractivity contribution is -0.144. The summed E-state index contributed by atoms with van der Waals surface area (Å²) in [5, 5.41) is 14.8. The number of carboxylic acid groups (broad SMARTS) is 1. The number of methoxy groups -OCH3 is 2. The van der Waals surface area contributed by atoms with E-state index in [0.29, 0.717) is 63.9 Å². The second kappa shape index (κ2) is 15.2. The predicted molar refractivity (Wildman–Crippen MR) is 181 cm³/mol. The van der Waals surface area contributed by atoms with Crippen molar-refractivity contribution in [2.75, 3.05) is 45.8 Å². The third-order valence-corrected chi connectivity index (χ3v) is 11.4. The Labute approximate surface area is 288 Å². The van der Waals surface area contributed by atoms with E-state index in [9.17, 15) is 19.5 Å². The summed E-state index contributed by atoms with van der Waals surface area (Å²) >= 11 is 7.98. The van der Waals surface area contributed by atoms with Gasteiger partial charge in [-0.1, -0.05) is 29.8 Å². The van der Waals surface area contributed by atoms with Gasteiger partial charge in [0.25, 0.3) is 5.91 Å². The summed E-state index contributed by atoms with van der Waals surface area (Å²) in [5.74, 6) is -2.39. The zero-order chi connectivity index (χ0) is 33.9. The lowest BCUT2D eigenvalue weighted by Gasteiger charge is -2.30. The Morgan fingerprint density at radius 1 is 1.04 bits per heavy atom. The minimum Gasteiger partial charge on any atom is -0.481 e. The molecule has 13 heteroatoms. The van der Waals surface area contributed by atoms with E-state index >= 15 is 4.39 Å². The summed E-state index contributed by atoms with van der Waals surface area (Å²) in [6, 6.07) is 9.92. The minimum absolute atomic E-state index is 0.0438. The molecule has 10 nitrogen and oxygen atoms in total. The van der Waals surface area contributed by atoms with Crippen LogP contribution in [0, 0.1) is 11.7 Å². The van der Waals surface area contributed by atoms with E-state index < -0.39 is 17.7 Å². The van der Waals surface area contributed by atoms with Crippen LogP contribution in [-0.4, -0.2) is 104 Å². The number of carboxylic acids is 1. The number of hydrogen-bond acceptors (Lipinski definition) is 8. The summed E-state index contributed by atoms with van der Waals surface area (Å²) in [6.07, 6.45) is 2.71. The van der Waals surface area contributed by atoms with E-state index in [4.69, 9.17) is 25.8 Å². The molecule has 48 heavy (non-hydrogen) atoms. The van der Waals surface area contributed by atoms with E-state index in [1.807, 2.05) is 24.3 Å². The fourth-order valence-corrected chi connectivity index (χ4v) is 8.47. The molecular weight excluding hydrogens is 661 g/mol. The normalized spacial score (nSPS) is 26.3. The van der Waals surface area contributed by atoms with Gasteiger partial charge in [0.05, 0.1) is 59.6 Å². The molecule has 6 rings (SSSR count). The number of carbonyl (C=O) groups is 3. The van der Waals surface area contributed by atoms with Crippen LogP contribution >= 0.6 is 22.9 Å². The monoisotopic (exact) mass is 701 g/mol. The fraction of sp³-hybridized carbons (Fsp3) is 0.514. The fourth-order valence-electron chi connectivity index (χ4n) is 7.29. The van der Waals surface area contributed by atoms with Crippen LogP contribution in [0.5, 0.6) is 0 Å². The van der Waals surface area contributed by atoms with Crippen LogP contribution in [0.1, 0.15) is 48.0 Å². The van der Waals surface area contributed by atoms with Crippen LogP contribution in [0.4, 0.5) is 10.1 Å². The maximum atomic E-state index is 15.5. The highest BCUT2D eigenvalue weighted by Gasteiger charge is 2.43. The van der Waals surface area contributed by atoms with Crippen molar-refractivity contribution in [3.63, 3.8) is 0 Å². The van der Waals surface area contributed by atoms with Crippen LogP contribution < -0.4 is 5.32 Å². The molecule has 3 fully saturated rings. The Hall–Kier alpha value is -3.13. The van der Waals surface area contributed by atoms with Gasteiger partial charge < -0.3 is 29.5 Å². The number of likely N-dealkylation sites (tertiary alicyclic amines) is 2. The van der Waals surface area contributed by atoms with Gasteiger partial charge in [-0.25, -0.2) is 4.39 Å². The Balaban J connectivity index is 1.14. The van der Waals surface area contributed by atoms with Gasteiger partial charge in [0.15, 0.2) is 0 Å². The van der Waals surface area contributed by atoms with Crippen molar-refractivity contribution < 1.29 is 38.1 Å². The second-order valence-corrected chi connectivity index (χ2v) is 14.3. The van der Waals surface area contributed by atoms with Crippen molar-refractivity contribution in [3.8, 4) is 0 Å². The third-order valence-electron chi connectivity index (χ3n) is 10.1. The van der Waals surface area contributed by atoms with E-state index in [1.54, 1.807) is 24.5 Å². The van der Waals surface area contributed by atoms with Crippen LogP contribution in [0.15, 0.2) is 41.8 Å². The lowest BCUT2D eigenvalue weighted by Crippen LogP contribution is -2.41. The average Bonchev–Trinajstić information content (AvgIpc) is 3.83. The molecule has 3 aliphatic rings. The first-order valence-electron chi connectivity index (χ1n) is 16.3. The number of carbonyl (C=O) groups excluding carboxylic acids is 2. The number of nitrogens with one attached hydrogen (secondary N) is 1. The number of thiophene rings is 1. The molecular formula is C35H41ClFN3O7S. The van der Waals surface area contributed by atoms with Gasteiger partial charge in [0, 0.05) is 55.4 Å². The molecule has 0 radical (unpaired) electrons. The zero-order valence-corrected chi connectivity index (χ0v) is 28.6. The summed E-state index contributed by atoms with van der Waals surface area (Å²) in [7, 11) is 3.34. The summed E-state index contributed by atoms with van der Waals surface area (Å²) in [5.41, 5.74) is 0.745. The Kier molecular flexibility index (Phi) is 11.0. The number of anilines is 1. The van der Waals surface area contributed by atoms with Gasteiger partial charge >= 0.3 is 5.97 Å². The largest absolute Gasteiger partial charge is 0.481 e. The molecule has 2 N–H and O–H groups in total. The molecule has 2 aliphatic heterocycles. The maximum absolute atomic E-state index is 15.5. The lowest BCUT2D eigenvalue weighted by atomic mass is 9.87. The van der Waals surface area contributed by atoms with E-state index in [0.717, 1.165) is 16.2 Å². The predicted octanol–water partition coefficient (Wildman–Crippen LogP) is 5.46. The number of ether oxygens (including phenoxy) is 3. The number of benzene rings is 2. The van der Waals surface area contributed by atoms with Crippen molar-refractivity contribution in [2.45, 2.75) is 68.9 Å². The molecule has 2 aromatic carbocycles. The Bertz CT molecular complexity index is 1640. The SMILES string of the molecule is CO[C@H]1CN([C@H]2C[C@@H](CO[C@H]3CC[C@H](C(=O)O)CC3)N(C(=O)Cc3cc(Cl)c(NC(=O)c4csc5ccccc45)cc3F)C2)C[C@H]1OC. The first-order valence-corrected chi connectivity index (χ1v) is 17.6. The minimum atomic E-state index is -0.767. The molecule has 4 atom stereocenters. The number of hydrogen-bond donors (Lipinski definition) is 2. The average molecular weight is 702 g/mol. The van der Waals surface area contributed by atoms with Crippen LogP contribution in [0.2, 0.25) is 5.02 Å². The van der Waals surface area contributed by atoms with Gasteiger partial charge in [-0.15, -0.1) is 11.3 Å². The van der Waals surface area contributed by atoms with Gasteiger partial charge in [0.1, 0.15) is 5.82 Å². The van der Waals surface area contributed by atoms with Crippen molar-refractivity contribution in [2.24, 2.45) is 5.92 Å².